The Morgan fingerprint density at radius 3 is 2.02 bits per heavy atom. The Balaban J connectivity index is 1.60. The summed E-state index contributed by atoms with van der Waals surface area (Å²) in [6.45, 7) is 13.0. The van der Waals surface area contributed by atoms with E-state index in [1.165, 1.54) is 0 Å². The van der Waals surface area contributed by atoms with E-state index in [1.54, 1.807) is 20.1 Å². The fourth-order valence-electron chi connectivity index (χ4n) is 4.35. The molecule has 0 saturated carbocycles. The molecule has 16 heteroatoms. The molecule has 0 bridgehead atoms. The number of ether oxygens (including phenoxy) is 5. The predicted molar refractivity (Wildman–Crippen MR) is 180 cm³/mol. The van der Waals surface area contributed by atoms with Crippen LogP contribution in [0.25, 0.3) is 0 Å². The molecule has 0 fully saturated rings. The molecule has 1 aromatic carbocycles. The van der Waals surface area contributed by atoms with Crippen LogP contribution in [0, 0.1) is 29.6 Å². The first-order chi connectivity index (χ1) is 22.7. The summed E-state index contributed by atoms with van der Waals surface area (Å²) >= 11 is 1.14. The lowest BCUT2D eigenvalue weighted by atomic mass is 10.2. The molecular weight excluding hydrogens is 649 g/mol. The Labute approximate surface area is 282 Å². The summed E-state index contributed by atoms with van der Waals surface area (Å²) in [5, 5.41) is 27.6. The molecule has 2 aromatic rings. The molecule has 0 atom stereocenters. The first-order valence-corrected chi connectivity index (χ1v) is 17.9. The van der Waals surface area contributed by atoms with Gasteiger partial charge in [-0.3, -0.25) is 4.55 Å². The molecule has 0 saturated heterocycles. The Morgan fingerprint density at radius 2 is 1.49 bits per heavy atom. The Kier molecular flexibility index (Phi) is 19.1. The molecule has 0 spiro atoms. The van der Waals surface area contributed by atoms with E-state index in [0.717, 1.165) is 30.1 Å². The van der Waals surface area contributed by atoms with E-state index >= 15 is 0 Å². The van der Waals surface area contributed by atoms with Crippen LogP contribution in [0.2, 0.25) is 0 Å². The molecule has 0 unspecified atom stereocenters. The lowest BCUT2D eigenvalue weighted by molar-refractivity contribution is -0.00310. The summed E-state index contributed by atoms with van der Waals surface area (Å²) in [4.78, 5) is 4.67. The topological polar surface area (TPSA) is 179 Å². The Bertz CT molecular complexity index is 1440. The molecule has 1 aromatic heterocycles. The third-order valence-corrected chi connectivity index (χ3v) is 8.88. The Morgan fingerprint density at radius 1 is 0.872 bits per heavy atom. The largest absolute Gasteiger partial charge is 0.494 e. The molecule has 2 rings (SSSR count). The van der Waals surface area contributed by atoms with E-state index in [0.29, 0.717) is 111 Å². The van der Waals surface area contributed by atoms with Crippen LogP contribution >= 0.6 is 11.3 Å². The van der Waals surface area contributed by atoms with Crippen molar-refractivity contribution in [1.82, 2.24) is 4.90 Å². The summed E-state index contributed by atoms with van der Waals surface area (Å²) < 4.78 is 58.4. The second kappa shape index (κ2) is 22.4. The summed E-state index contributed by atoms with van der Waals surface area (Å²) in [7, 11) is -2.36. The highest BCUT2D eigenvalue weighted by Gasteiger charge is 2.15. The number of rotatable bonds is 25. The number of nitriles is 2. The number of methoxy groups -OCH3 is 1. The second-order valence-electron chi connectivity index (χ2n) is 10.1. The Hall–Kier alpha value is -3.19. The van der Waals surface area contributed by atoms with Gasteiger partial charge in [-0.15, -0.1) is 21.6 Å². The van der Waals surface area contributed by atoms with Crippen molar-refractivity contribution in [3.63, 3.8) is 0 Å². The number of hydrogen-bond donors (Lipinski definition) is 1. The fraction of sp³-hybridized carbons (Fsp3) is 0.613. The normalized spacial score (nSPS) is 11.7. The maximum atomic E-state index is 10.8. The van der Waals surface area contributed by atoms with Crippen molar-refractivity contribution in [2.45, 2.75) is 27.2 Å². The van der Waals surface area contributed by atoms with E-state index in [1.807, 2.05) is 19.1 Å². The van der Waals surface area contributed by atoms with E-state index in [4.69, 9.17) is 28.2 Å². The monoisotopic (exact) mass is 694 g/mol. The van der Waals surface area contributed by atoms with Crippen LogP contribution in [-0.2, 0) is 29.1 Å². The van der Waals surface area contributed by atoms with Crippen molar-refractivity contribution in [2.24, 2.45) is 10.2 Å². The van der Waals surface area contributed by atoms with Crippen molar-refractivity contribution in [3.05, 3.63) is 34.2 Å². The SMILES string of the molecule is CCN(CCCS(=O)(=O)O)CCOCCOCCOCCOCCN(CC)c1ccc(/N=N/c2sc(C#N)c(C)c2C#N)c(OC)c1. The van der Waals surface area contributed by atoms with Crippen LogP contribution in [0.1, 0.15) is 36.3 Å². The third kappa shape index (κ3) is 15.1. The summed E-state index contributed by atoms with van der Waals surface area (Å²) in [5.74, 6) is 0.303. The van der Waals surface area contributed by atoms with E-state index in [2.05, 4.69) is 39.1 Å². The maximum absolute atomic E-state index is 10.8. The van der Waals surface area contributed by atoms with E-state index < -0.39 is 10.1 Å². The first kappa shape index (κ1) is 40.0. The second-order valence-corrected chi connectivity index (χ2v) is 12.7. The van der Waals surface area contributed by atoms with Gasteiger partial charge < -0.3 is 33.5 Å². The molecule has 0 amide bonds. The van der Waals surface area contributed by atoms with Gasteiger partial charge in [0.05, 0.1) is 71.3 Å². The van der Waals surface area contributed by atoms with Crippen molar-refractivity contribution in [2.75, 3.05) is 103 Å². The standard InChI is InChI=1S/C31H46N6O8S2/c1-5-36(10-7-21-47(38,39)40)11-13-42-15-17-44-19-20-45-18-16-43-14-12-37(6-2)26-8-9-28(29(22-26)41-4)34-35-31-27(23-32)25(3)30(24-33)46-31/h8-9,22H,5-7,10-21H2,1-4H3,(H,38,39,40)/b35-34+. The third-order valence-electron chi connectivity index (χ3n) is 7.00. The zero-order chi connectivity index (χ0) is 34.5. The molecule has 14 nitrogen and oxygen atoms in total. The first-order valence-electron chi connectivity index (χ1n) is 15.4. The number of likely N-dealkylation sites (N-methyl/N-ethyl adjacent to an activating group) is 2. The zero-order valence-corrected chi connectivity index (χ0v) is 29.3. The average molecular weight is 695 g/mol. The lowest BCUT2D eigenvalue weighted by Crippen LogP contribution is -2.30. The average Bonchev–Trinajstić information content (AvgIpc) is 3.37. The number of anilines is 1. The zero-order valence-electron chi connectivity index (χ0n) is 27.6. The minimum absolute atomic E-state index is 0.233. The number of hydrogen-bond acceptors (Lipinski definition) is 14. The highest BCUT2D eigenvalue weighted by molar-refractivity contribution is 7.85. The van der Waals surface area contributed by atoms with Gasteiger partial charge in [-0.25, -0.2) is 0 Å². The molecule has 0 aliphatic rings. The molecule has 0 aliphatic heterocycles. The molecular formula is C31H46N6O8S2. The van der Waals surface area contributed by atoms with Crippen molar-refractivity contribution in [1.29, 1.82) is 10.5 Å². The molecule has 0 aliphatic carbocycles. The highest BCUT2D eigenvalue weighted by atomic mass is 32.2. The van der Waals surface area contributed by atoms with Gasteiger partial charge in [0.2, 0.25) is 0 Å². The highest BCUT2D eigenvalue weighted by Crippen LogP contribution is 2.37. The van der Waals surface area contributed by atoms with Crippen LogP contribution in [0.3, 0.4) is 0 Å². The smallest absolute Gasteiger partial charge is 0.264 e. The molecule has 1 N–H and O–H groups in total. The van der Waals surface area contributed by atoms with Crippen LogP contribution in [-0.4, -0.2) is 116 Å². The lowest BCUT2D eigenvalue weighted by Gasteiger charge is -2.23. The fourth-order valence-corrected chi connectivity index (χ4v) is 5.72. The molecule has 1 heterocycles. The van der Waals surface area contributed by atoms with Crippen molar-refractivity contribution < 1.29 is 36.7 Å². The van der Waals surface area contributed by atoms with E-state index in [9.17, 15) is 18.9 Å². The van der Waals surface area contributed by atoms with Crippen LogP contribution in [0.4, 0.5) is 16.4 Å². The molecule has 47 heavy (non-hydrogen) atoms. The van der Waals surface area contributed by atoms with Gasteiger partial charge in [-0.2, -0.15) is 18.9 Å². The molecule has 260 valence electrons. The van der Waals surface area contributed by atoms with Gasteiger partial charge in [0.25, 0.3) is 10.1 Å². The van der Waals surface area contributed by atoms with Gasteiger partial charge in [0.15, 0.2) is 5.00 Å². The van der Waals surface area contributed by atoms with Gasteiger partial charge in [0.1, 0.15) is 28.5 Å². The van der Waals surface area contributed by atoms with Crippen LogP contribution in [0.5, 0.6) is 5.75 Å². The molecule has 0 radical (unpaired) electrons. The van der Waals surface area contributed by atoms with Crippen molar-refractivity contribution >= 4 is 37.8 Å². The minimum atomic E-state index is -3.92. The van der Waals surface area contributed by atoms with Gasteiger partial charge in [-0.1, -0.05) is 6.92 Å². The number of benzene rings is 1. The van der Waals surface area contributed by atoms with E-state index in [-0.39, 0.29) is 5.75 Å². The van der Waals surface area contributed by atoms with Gasteiger partial charge in [0, 0.05) is 31.4 Å². The van der Waals surface area contributed by atoms with Crippen LogP contribution < -0.4 is 9.64 Å². The van der Waals surface area contributed by atoms with Crippen molar-refractivity contribution in [3.8, 4) is 17.9 Å². The number of thiophene rings is 1. The minimum Gasteiger partial charge on any atom is -0.494 e. The quantitative estimate of drug-likeness (QED) is 0.0860. The summed E-state index contributed by atoms with van der Waals surface area (Å²) in [6, 6.07) is 9.80. The van der Waals surface area contributed by atoms with Crippen LogP contribution in [0.15, 0.2) is 28.4 Å². The summed E-state index contributed by atoms with van der Waals surface area (Å²) in [5.41, 5.74) is 2.42. The number of azo groups is 1. The van der Waals surface area contributed by atoms with Gasteiger partial charge in [-0.05, 0) is 51.1 Å². The summed E-state index contributed by atoms with van der Waals surface area (Å²) in [6.07, 6.45) is 0.384. The van der Waals surface area contributed by atoms with Gasteiger partial charge >= 0.3 is 0 Å². The predicted octanol–water partition coefficient (Wildman–Crippen LogP) is 4.72. The number of nitrogens with zero attached hydrogens (tertiary/aromatic N) is 6. The maximum Gasteiger partial charge on any atom is 0.264 e.